The number of aromatic nitrogens is 3. The number of nitrogen functional groups attached to an aromatic ring is 1. The van der Waals surface area contributed by atoms with Crippen LogP contribution in [0.25, 0.3) is 22.0 Å². The van der Waals surface area contributed by atoms with Crippen LogP contribution in [0.2, 0.25) is 0 Å². The van der Waals surface area contributed by atoms with Gasteiger partial charge in [-0.3, -0.25) is 9.59 Å². The predicted octanol–water partition coefficient (Wildman–Crippen LogP) is 3.56. The molecule has 34 heavy (non-hydrogen) atoms. The van der Waals surface area contributed by atoms with E-state index in [4.69, 9.17) is 10.5 Å². The summed E-state index contributed by atoms with van der Waals surface area (Å²) in [6.45, 7) is 2.70. The van der Waals surface area contributed by atoms with Gasteiger partial charge in [-0.05, 0) is 49.1 Å². The highest BCUT2D eigenvalue weighted by Gasteiger charge is 2.29. The van der Waals surface area contributed by atoms with Crippen molar-refractivity contribution in [3.63, 3.8) is 0 Å². The number of aromatic amines is 1. The van der Waals surface area contributed by atoms with Gasteiger partial charge in [0.1, 0.15) is 17.0 Å². The number of hydrogen-bond donors (Lipinski definition) is 2. The van der Waals surface area contributed by atoms with Gasteiger partial charge in [-0.1, -0.05) is 36.3 Å². The van der Waals surface area contributed by atoms with Crippen molar-refractivity contribution in [3.05, 3.63) is 71.1 Å². The Kier molecular flexibility index (Phi) is 5.52. The Bertz CT molecular complexity index is 1480. The van der Waals surface area contributed by atoms with Gasteiger partial charge in [0.2, 0.25) is 0 Å². The summed E-state index contributed by atoms with van der Waals surface area (Å²) in [5, 5.41) is 7.08. The number of nitrogens with one attached hydrogen (secondary N) is 1. The second kappa shape index (κ2) is 8.79. The molecule has 1 unspecified atom stereocenters. The van der Waals surface area contributed by atoms with Gasteiger partial charge in [-0.2, -0.15) is 5.10 Å². The van der Waals surface area contributed by atoms with Gasteiger partial charge in [-0.15, -0.1) is 0 Å². The van der Waals surface area contributed by atoms with E-state index in [0.29, 0.717) is 36.2 Å². The molecule has 1 fully saturated rings. The van der Waals surface area contributed by atoms with E-state index in [1.54, 1.807) is 11.8 Å². The van der Waals surface area contributed by atoms with E-state index in [0.717, 1.165) is 16.9 Å². The number of hydrogen-bond acceptors (Lipinski definition) is 5. The second-order valence-corrected chi connectivity index (χ2v) is 8.12. The Balaban J connectivity index is 1.52. The summed E-state index contributed by atoms with van der Waals surface area (Å²) >= 11 is 0. The molecule has 1 aliphatic rings. The van der Waals surface area contributed by atoms with E-state index in [1.165, 1.54) is 0 Å². The topological polar surface area (TPSA) is 106 Å². The first-order chi connectivity index (χ1) is 16.5. The summed E-state index contributed by atoms with van der Waals surface area (Å²) in [6, 6.07) is 17.1. The van der Waals surface area contributed by atoms with Gasteiger partial charge in [0.15, 0.2) is 5.82 Å². The fourth-order valence-corrected chi connectivity index (χ4v) is 4.41. The molecule has 1 atom stereocenters. The zero-order valence-electron chi connectivity index (χ0n) is 18.6. The van der Waals surface area contributed by atoms with Gasteiger partial charge >= 0.3 is 0 Å². The molecule has 3 N–H and O–H groups in total. The molecule has 0 radical (unpaired) electrons. The summed E-state index contributed by atoms with van der Waals surface area (Å²) in [7, 11) is 0. The van der Waals surface area contributed by atoms with E-state index >= 15 is 0 Å². The molecule has 0 spiro atoms. The van der Waals surface area contributed by atoms with E-state index in [1.807, 2.05) is 65.4 Å². The predicted molar refractivity (Wildman–Crippen MR) is 130 cm³/mol. The lowest BCUT2D eigenvalue weighted by atomic mass is 10.1. The third kappa shape index (κ3) is 3.88. The number of H-pyrrole nitrogens is 1. The molecule has 1 aliphatic heterocycles. The van der Waals surface area contributed by atoms with Crippen LogP contribution in [0, 0.1) is 11.8 Å². The van der Waals surface area contributed by atoms with Crippen LogP contribution >= 0.6 is 0 Å². The average Bonchev–Trinajstić information content (AvgIpc) is 3.49. The zero-order valence-corrected chi connectivity index (χ0v) is 18.6. The Morgan fingerprint density at radius 1 is 1.15 bits per heavy atom. The van der Waals surface area contributed by atoms with E-state index in [9.17, 15) is 9.59 Å². The van der Waals surface area contributed by atoms with E-state index in [2.05, 4.69) is 22.0 Å². The molecule has 0 saturated carbocycles. The van der Waals surface area contributed by atoms with Crippen LogP contribution in [-0.4, -0.2) is 38.7 Å². The Hall–Kier alpha value is -4.51. The van der Waals surface area contributed by atoms with Crippen LogP contribution in [0.5, 0.6) is 11.5 Å². The average molecular weight is 454 g/mol. The number of nitrogens with two attached hydrogens (primary N) is 1. The monoisotopic (exact) mass is 453 g/mol. The highest BCUT2D eigenvalue weighted by Crippen LogP contribution is 2.36. The molecule has 4 aromatic rings. The number of ether oxygens (including phenoxy) is 1. The van der Waals surface area contributed by atoms with Gasteiger partial charge < -0.3 is 19.9 Å². The second-order valence-electron chi connectivity index (χ2n) is 8.12. The Morgan fingerprint density at radius 3 is 2.62 bits per heavy atom. The molecule has 8 heteroatoms. The zero-order chi connectivity index (χ0) is 23.7. The highest BCUT2D eigenvalue weighted by atomic mass is 16.5. The number of carbonyl (C=O) groups excluding carboxylic acids is 1. The smallest absolute Gasteiger partial charge is 0.298 e. The third-order valence-electron chi connectivity index (χ3n) is 6.00. The molecule has 170 valence electrons. The molecular formula is C26H23N5O3. The van der Waals surface area contributed by atoms with Gasteiger partial charge in [0.05, 0.1) is 11.4 Å². The van der Waals surface area contributed by atoms with Gasteiger partial charge in [-0.25, -0.2) is 5.10 Å². The van der Waals surface area contributed by atoms with Gasteiger partial charge in [0.25, 0.3) is 11.5 Å². The lowest BCUT2D eigenvalue weighted by molar-refractivity contribution is -0.124. The molecule has 0 bridgehead atoms. The summed E-state index contributed by atoms with van der Waals surface area (Å²) < 4.78 is 7.81. The van der Waals surface area contributed by atoms with Crippen molar-refractivity contribution in [2.75, 3.05) is 18.8 Å². The molecule has 5 rings (SSSR count). The van der Waals surface area contributed by atoms with Crippen molar-refractivity contribution in [1.82, 2.24) is 19.7 Å². The Labute approximate surface area is 196 Å². The minimum atomic E-state index is -0.322. The van der Waals surface area contributed by atoms with Crippen LogP contribution in [-0.2, 0) is 4.79 Å². The standard InChI is InChI=1S/C26H23N5O3/c1-2-6-22(32)30-14-13-18(15-30)31-16-21(23-24(31)26(33)29-28-25(23)27)17-9-11-20(12-10-17)34-19-7-4-3-5-8-19/h3-5,7-12,16,18H,13-15H2,1H3,(H2,27,28)(H,29,33). The molecule has 1 amide bonds. The maximum atomic E-state index is 12.8. The third-order valence-corrected chi connectivity index (χ3v) is 6.00. The van der Waals surface area contributed by atoms with Crippen LogP contribution < -0.4 is 16.0 Å². The minimum Gasteiger partial charge on any atom is -0.457 e. The van der Waals surface area contributed by atoms with Crippen molar-refractivity contribution >= 4 is 22.6 Å². The summed E-state index contributed by atoms with van der Waals surface area (Å²) in [5.41, 5.74) is 8.03. The number of benzene rings is 2. The van der Waals surface area contributed by atoms with Crippen molar-refractivity contribution in [2.45, 2.75) is 19.4 Å². The quantitative estimate of drug-likeness (QED) is 0.460. The van der Waals surface area contributed by atoms with Crippen molar-refractivity contribution in [2.24, 2.45) is 0 Å². The maximum Gasteiger partial charge on any atom is 0.298 e. The molecule has 0 aliphatic carbocycles. The van der Waals surface area contributed by atoms with Crippen molar-refractivity contribution in [1.29, 1.82) is 0 Å². The number of amides is 1. The van der Waals surface area contributed by atoms with Gasteiger partial charge in [0, 0.05) is 24.8 Å². The number of rotatable bonds is 4. The Morgan fingerprint density at radius 2 is 1.88 bits per heavy atom. The first-order valence-electron chi connectivity index (χ1n) is 11.0. The lowest BCUT2D eigenvalue weighted by Gasteiger charge is -2.15. The van der Waals surface area contributed by atoms with Crippen LogP contribution in [0.3, 0.4) is 0 Å². The number of likely N-dealkylation sites (tertiary alicyclic amines) is 1. The number of carbonyl (C=O) groups is 1. The van der Waals surface area contributed by atoms with Crippen LogP contribution in [0.15, 0.2) is 65.6 Å². The fraction of sp³-hybridized carbons (Fsp3) is 0.192. The number of fused-ring (bicyclic) bond motifs is 1. The van der Waals surface area contributed by atoms with E-state index < -0.39 is 0 Å². The maximum absolute atomic E-state index is 12.8. The molecular weight excluding hydrogens is 430 g/mol. The van der Waals surface area contributed by atoms with Crippen molar-refractivity contribution in [3.8, 4) is 34.5 Å². The molecule has 3 heterocycles. The van der Waals surface area contributed by atoms with Crippen LogP contribution in [0.1, 0.15) is 19.4 Å². The summed E-state index contributed by atoms with van der Waals surface area (Å²) in [5.74, 6) is 6.73. The highest BCUT2D eigenvalue weighted by molar-refractivity contribution is 6.02. The van der Waals surface area contributed by atoms with E-state index in [-0.39, 0.29) is 23.3 Å². The number of anilines is 1. The van der Waals surface area contributed by atoms with Crippen LogP contribution in [0.4, 0.5) is 5.82 Å². The molecule has 2 aromatic heterocycles. The SMILES string of the molecule is CC#CC(=O)N1CCC(n2cc(-c3ccc(Oc4ccccc4)cc3)c3c(N)n[nH]c(=O)c32)C1. The lowest BCUT2D eigenvalue weighted by Crippen LogP contribution is -2.28. The summed E-state index contributed by atoms with van der Waals surface area (Å²) in [6.07, 6.45) is 2.64. The fourth-order valence-electron chi connectivity index (χ4n) is 4.41. The largest absolute Gasteiger partial charge is 0.457 e. The first kappa shape index (κ1) is 21.3. The molecule has 2 aromatic carbocycles. The molecule has 1 saturated heterocycles. The number of nitrogens with zero attached hydrogens (tertiary/aromatic N) is 3. The first-order valence-corrected chi connectivity index (χ1v) is 11.0. The summed E-state index contributed by atoms with van der Waals surface area (Å²) in [4.78, 5) is 26.8. The molecule has 8 nitrogen and oxygen atoms in total. The minimum absolute atomic E-state index is 0.0672. The normalized spacial score (nSPS) is 15.2. The van der Waals surface area contributed by atoms with Crippen molar-refractivity contribution < 1.29 is 9.53 Å². The number of para-hydroxylation sites is 1.